The van der Waals surface area contributed by atoms with E-state index >= 15 is 0 Å². The summed E-state index contributed by atoms with van der Waals surface area (Å²) in [5.74, 6) is 3.06. The number of ether oxygens (including phenoxy) is 3. The van der Waals surface area contributed by atoms with Crippen molar-refractivity contribution in [2.45, 2.75) is 31.2 Å². The van der Waals surface area contributed by atoms with Crippen molar-refractivity contribution in [1.29, 1.82) is 0 Å². The molecule has 27 heavy (non-hydrogen) atoms. The lowest BCUT2D eigenvalue weighted by atomic mass is 9.70. The molecule has 1 atom stereocenters. The number of nitrogens with zero attached hydrogens (tertiary/aromatic N) is 1. The molecule has 5 heteroatoms. The molecule has 1 unspecified atom stereocenters. The van der Waals surface area contributed by atoms with Crippen LogP contribution in [0.15, 0.2) is 36.4 Å². The summed E-state index contributed by atoms with van der Waals surface area (Å²) in [6.07, 6.45) is 3.71. The van der Waals surface area contributed by atoms with E-state index < -0.39 is 5.41 Å². The van der Waals surface area contributed by atoms with Crippen molar-refractivity contribution in [3.8, 4) is 17.2 Å². The molecule has 1 aliphatic carbocycles. The number of fused-ring (bicyclic) bond motifs is 5. The predicted octanol–water partition coefficient (Wildman–Crippen LogP) is 3.24. The molecule has 0 saturated heterocycles. The molecule has 138 valence electrons. The minimum atomic E-state index is -0.783. The Morgan fingerprint density at radius 2 is 1.81 bits per heavy atom. The van der Waals surface area contributed by atoms with Gasteiger partial charge in [-0.2, -0.15) is 0 Å². The van der Waals surface area contributed by atoms with Crippen molar-refractivity contribution in [2.24, 2.45) is 5.92 Å². The summed E-state index contributed by atoms with van der Waals surface area (Å²) in [4.78, 5) is 15.8. The highest BCUT2D eigenvalue weighted by atomic mass is 16.7. The van der Waals surface area contributed by atoms with Crippen molar-refractivity contribution in [3.63, 3.8) is 0 Å². The van der Waals surface area contributed by atoms with E-state index in [1.165, 1.54) is 18.4 Å². The van der Waals surface area contributed by atoms with Crippen LogP contribution in [-0.4, -0.2) is 30.8 Å². The van der Waals surface area contributed by atoms with E-state index in [1.54, 1.807) is 0 Å². The minimum Gasteiger partial charge on any atom is -0.491 e. The van der Waals surface area contributed by atoms with E-state index in [1.807, 2.05) is 23.1 Å². The van der Waals surface area contributed by atoms with Crippen molar-refractivity contribution >= 4 is 5.91 Å². The van der Waals surface area contributed by atoms with Crippen molar-refractivity contribution in [3.05, 3.63) is 53.1 Å². The largest absolute Gasteiger partial charge is 0.491 e. The Labute approximate surface area is 157 Å². The summed E-state index contributed by atoms with van der Waals surface area (Å²) in [5.41, 5.74) is 2.40. The molecule has 3 heterocycles. The number of carbonyl (C=O) groups is 1. The van der Waals surface area contributed by atoms with Crippen LogP contribution in [0.2, 0.25) is 0 Å². The molecular weight excluding hydrogens is 342 g/mol. The Hall–Kier alpha value is -2.69. The van der Waals surface area contributed by atoms with Crippen molar-refractivity contribution in [1.82, 2.24) is 4.90 Å². The van der Waals surface area contributed by atoms with Gasteiger partial charge >= 0.3 is 0 Å². The van der Waals surface area contributed by atoms with Gasteiger partial charge in [0.15, 0.2) is 11.5 Å². The van der Waals surface area contributed by atoms with Crippen LogP contribution in [0.3, 0.4) is 0 Å². The second-order valence-corrected chi connectivity index (χ2v) is 8.01. The molecule has 1 spiro atoms. The maximum Gasteiger partial charge on any atom is 0.241 e. The molecule has 0 aromatic heterocycles. The van der Waals surface area contributed by atoms with E-state index in [4.69, 9.17) is 14.2 Å². The Kier molecular flexibility index (Phi) is 3.08. The zero-order valence-electron chi connectivity index (χ0n) is 15.1. The fourth-order valence-electron chi connectivity index (χ4n) is 4.70. The lowest BCUT2D eigenvalue weighted by Crippen LogP contribution is -2.52. The molecule has 0 radical (unpaired) electrons. The molecule has 0 N–H and O–H groups in total. The van der Waals surface area contributed by atoms with Gasteiger partial charge < -0.3 is 19.1 Å². The van der Waals surface area contributed by atoms with Crippen LogP contribution >= 0.6 is 0 Å². The van der Waals surface area contributed by atoms with Gasteiger partial charge in [-0.1, -0.05) is 37.1 Å². The zero-order valence-corrected chi connectivity index (χ0v) is 15.1. The molecule has 1 fully saturated rings. The number of hydrogen-bond acceptors (Lipinski definition) is 4. The van der Waals surface area contributed by atoms with Gasteiger partial charge in [-0.3, -0.25) is 4.79 Å². The van der Waals surface area contributed by atoms with Gasteiger partial charge in [-0.05, 0) is 29.5 Å². The molecule has 4 aliphatic rings. The Bertz CT molecular complexity index is 951. The molecule has 0 bridgehead atoms. The van der Waals surface area contributed by atoms with Gasteiger partial charge in [0, 0.05) is 24.7 Å². The third kappa shape index (κ3) is 2.14. The smallest absolute Gasteiger partial charge is 0.241 e. The van der Waals surface area contributed by atoms with E-state index in [2.05, 4.69) is 18.2 Å². The summed E-state index contributed by atoms with van der Waals surface area (Å²) >= 11 is 0. The molecule has 2 aromatic carbocycles. The molecular formula is C22H21NO4. The fraction of sp³-hybridized carbons (Fsp3) is 0.409. The Morgan fingerprint density at radius 3 is 2.67 bits per heavy atom. The van der Waals surface area contributed by atoms with Gasteiger partial charge in [-0.15, -0.1) is 0 Å². The van der Waals surface area contributed by atoms with Crippen molar-refractivity contribution in [2.75, 3.05) is 19.9 Å². The summed E-state index contributed by atoms with van der Waals surface area (Å²) in [5, 5.41) is 0. The summed E-state index contributed by atoms with van der Waals surface area (Å²) in [6.45, 7) is 2.05. The SMILES string of the molecule is O=C1N(CCC2CC2)Cc2ccccc2C12COc1cc3c(cc12)OCO3. The van der Waals surface area contributed by atoms with Gasteiger partial charge in [0.05, 0.1) is 0 Å². The van der Waals surface area contributed by atoms with Crippen LogP contribution < -0.4 is 14.2 Å². The number of carbonyl (C=O) groups excluding carboxylic acids is 1. The molecule has 2 aromatic rings. The minimum absolute atomic E-state index is 0.152. The maximum atomic E-state index is 13.8. The average molecular weight is 363 g/mol. The summed E-state index contributed by atoms with van der Waals surface area (Å²) < 4.78 is 17.1. The molecule has 1 saturated carbocycles. The maximum absolute atomic E-state index is 13.8. The molecule has 6 rings (SSSR count). The predicted molar refractivity (Wildman–Crippen MR) is 98.0 cm³/mol. The van der Waals surface area contributed by atoms with Gasteiger partial charge in [0.2, 0.25) is 12.7 Å². The monoisotopic (exact) mass is 363 g/mol. The van der Waals surface area contributed by atoms with E-state index in [-0.39, 0.29) is 12.7 Å². The number of benzene rings is 2. The second-order valence-electron chi connectivity index (χ2n) is 8.01. The van der Waals surface area contributed by atoms with Crippen LogP contribution in [0.1, 0.15) is 36.0 Å². The Morgan fingerprint density at radius 1 is 1.00 bits per heavy atom. The third-order valence-electron chi connectivity index (χ3n) is 6.37. The first-order valence-electron chi connectivity index (χ1n) is 9.70. The zero-order chi connectivity index (χ0) is 18.0. The highest BCUT2D eigenvalue weighted by molar-refractivity contribution is 5.96. The third-order valence-corrected chi connectivity index (χ3v) is 6.37. The quantitative estimate of drug-likeness (QED) is 0.840. The second kappa shape index (κ2) is 5.41. The standard InChI is InChI=1S/C22H21NO4/c24-21-22(12-25-18-10-20-19(9-17(18)22)26-13-27-20)16-4-2-1-3-15(16)11-23(21)8-7-14-5-6-14/h1-4,9-10,14H,5-8,11-13H2. The number of hydrogen-bond donors (Lipinski definition) is 0. The van der Waals surface area contributed by atoms with Gasteiger partial charge in [-0.25, -0.2) is 0 Å². The summed E-state index contributed by atoms with van der Waals surface area (Å²) in [7, 11) is 0. The highest BCUT2D eigenvalue weighted by Crippen LogP contribution is 2.52. The number of amides is 1. The van der Waals surface area contributed by atoms with E-state index in [0.29, 0.717) is 24.7 Å². The van der Waals surface area contributed by atoms with Crippen LogP contribution in [-0.2, 0) is 16.8 Å². The molecule has 3 aliphatic heterocycles. The Balaban J connectivity index is 1.49. The lowest BCUT2D eigenvalue weighted by Gasteiger charge is -2.40. The first kappa shape index (κ1) is 15.4. The van der Waals surface area contributed by atoms with Crippen LogP contribution in [0.4, 0.5) is 0 Å². The topological polar surface area (TPSA) is 48.0 Å². The lowest BCUT2D eigenvalue weighted by molar-refractivity contribution is -0.138. The van der Waals surface area contributed by atoms with Crippen LogP contribution in [0.25, 0.3) is 0 Å². The van der Waals surface area contributed by atoms with Gasteiger partial charge in [0.1, 0.15) is 17.8 Å². The number of rotatable bonds is 3. The first-order chi connectivity index (χ1) is 13.3. The van der Waals surface area contributed by atoms with Gasteiger partial charge in [0.25, 0.3) is 0 Å². The average Bonchev–Trinajstić information content (AvgIpc) is 3.29. The molecule has 1 amide bonds. The highest BCUT2D eigenvalue weighted by Gasteiger charge is 2.54. The normalized spacial score (nSPS) is 24.7. The van der Waals surface area contributed by atoms with Crippen LogP contribution in [0, 0.1) is 5.92 Å². The van der Waals surface area contributed by atoms with E-state index in [9.17, 15) is 4.79 Å². The molecule has 5 nitrogen and oxygen atoms in total. The van der Waals surface area contributed by atoms with E-state index in [0.717, 1.165) is 35.8 Å². The van der Waals surface area contributed by atoms with Crippen LogP contribution in [0.5, 0.6) is 17.2 Å². The summed E-state index contributed by atoms with van der Waals surface area (Å²) in [6, 6.07) is 12.1. The fourth-order valence-corrected chi connectivity index (χ4v) is 4.70. The van der Waals surface area contributed by atoms with Crippen molar-refractivity contribution < 1.29 is 19.0 Å². The first-order valence-corrected chi connectivity index (χ1v) is 9.70.